The maximum absolute atomic E-state index is 13.2. The van der Waals surface area contributed by atoms with Crippen LogP contribution >= 0.6 is 0 Å². The van der Waals surface area contributed by atoms with Crippen LogP contribution in [-0.2, 0) is 25.5 Å². The van der Waals surface area contributed by atoms with E-state index in [0.29, 0.717) is 22.4 Å². The Balaban J connectivity index is 1.85. The molecule has 1 aromatic heterocycles. The molecule has 1 aliphatic heterocycles. The number of aliphatic hydroxyl groups excluding tert-OH is 1. The van der Waals surface area contributed by atoms with Crippen molar-refractivity contribution in [2.24, 2.45) is 0 Å². The standard InChI is InChI=1S/C26H22N2O5/c1-16-4-3-5-19(14-16)23-22(24(30)18-10-12-27-13-11-18)25(31)26(32)28(23)20-8-6-17(7-9-20)15-21(29)33-2/h3-14,23,30H,15H2,1-2H3/b24-22-. The zero-order chi connectivity index (χ0) is 23.5. The van der Waals surface area contributed by atoms with Crippen molar-refractivity contribution in [2.45, 2.75) is 19.4 Å². The van der Waals surface area contributed by atoms with Gasteiger partial charge in [-0.1, -0.05) is 42.0 Å². The number of rotatable bonds is 5. The normalized spacial score (nSPS) is 17.3. The molecule has 0 bridgehead atoms. The number of esters is 1. The topological polar surface area (TPSA) is 96.8 Å². The maximum Gasteiger partial charge on any atom is 0.309 e. The Morgan fingerprint density at radius 2 is 1.76 bits per heavy atom. The number of aryl methyl sites for hydroxylation is 1. The van der Waals surface area contributed by atoms with Gasteiger partial charge in [0.1, 0.15) is 5.76 Å². The number of benzene rings is 2. The van der Waals surface area contributed by atoms with Gasteiger partial charge in [0.05, 0.1) is 25.1 Å². The molecule has 0 radical (unpaired) electrons. The van der Waals surface area contributed by atoms with Gasteiger partial charge in [-0.15, -0.1) is 0 Å². The second-order valence-electron chi connectivity index (χ2n) is 7.74. The van der Waals surface area contributed by atoms with Crippen molar-refractivity contribution in [3.8, 4) is 0 Å². The van der Waals surface area contributed by atoms with Gasteiger partial charge in [-0.3, -0.25) is 24.3 Å². The molecule has 7 heteroatoms. The van der Waals surface area contributed by atoms with Crippen LogP contribution in [0.15, 0.2) is 78.6 Å². The molecule has 1 amide bonds. The highest BCUT2D eigenvalue weighted by Gasteiger charge is 2.46. The van der Waals surface area contributed by atoms with E-state index < -0.39 is 17.7 Å². The highest BCUT2D eigenvalue weighted by molar-refractivity contribution is 6.51. The average molecular weight is 442 g/mol. The van der Waals surface area contributed by atoms with E-state index in [9.17, 15) is 19.5 Å². The van der Waals surface area contributed by atoms with Gasteiger partial charge in [-0.25, -0.2) is 0 Å². The number of hydrogen-bond donors (Lipinski definition) is 1. The van der Waals surface area contributed by atoms with Gasteiger partial charge in [0.15, 0.2) is 0 Å². The number of pyridine rings is 1. The van der Waals surface area contributed by atoms with Crippen LogP contribution < -0.4 is 4.90 Å². The molecule has 33 heavy (non-hydrogen) atoms. The Kier molecular flexibility index (Phi) is 6.04. The second kappa shape index (κ2) is 9.08. The quantitative estimate of drug-likeness (QED) is 0.280. The SMILES string of the molecule is COC(=O)Cc1ccc(N2C(=O)C(=O)/C(=C(\O)c3ccncc3)C2c2cccc(C)c2)cc1. The summed E-state index contributed by atoms with van der Waals surface area (Å²) in [6.45, 7) is 1.92. The molecule has 1 N–H and O–H groups in total. The van der Waals surface area contributed by atoms with Crippen LogP contribution in [0.1, 0.15) is 28.3 Å². The maximum atomic E-state index is 13.2. The minimum atomic E-state index is -0.815. The molecule has 0 aliphatic carbocycles. The third-order valence-corrected chi connectivity index (χ3v) is 5.55. The lowest BCUT2D eigenvalue weighted by molar-refractivity contribution is -0.139. The Hall–Kier alpha value is -4.26. The number of anilines is 1. The van der Waals surface area contributed by atoms with Crippen molar-refractivity contribution < 1.29 is 24.2 Å². The van der Waals surface area contributed by atoms with E-state index in [1.54, 1.807) is 36.4 Å². The van der Waals surface area contributed by atoms with Crippen molar-refractivity contribution in [3.63, 3.8) is 0 Å². The Morgan fingerprint density at radius 3 is 2.39 bits per heavy atom. The molecule has 1 saturated heterocycles. The van der Waals surface area contributed by atoms with Crippen LogP contribution in [0.3, 0.4) is 0 Å². The van der Waals surface area contributed by atoms with Crippen LogP contribution in [0.2, 0.25) is 0 Å². The molecule has 1 aliphatic rings. The lowest BCUT2D eigenvalue weighted by atomic mass is 9.94. The van der Waals surface area contributed by atoms with Gasteiger partial charge < -0.3 is 9.84 Å². The first-order chi connectivity index (χ1) is 15.9. The van der Waals surface area contributed by atoms with Crippen molar-refractivity contribution in [2.75, 3.05) is 12.0 Å². The van der Waals surface area contributed by atoms with Gasteiger partial charge >= 0.3 is 5.97 Å². The Labute approximate surface area is 191 Å². The molecule has 0 spiro atoms. The smallest absolute Gasteiger partial charge is 0.309 e. The lowest BCUT2D eigenvalue weighted by Crippen LogP contribution is -2.29. The number of Topliss-reactive ketones (excluding diaryl/α,β-unsaturated/α-hetero) is 1. The van der Waals surface area contributed by atoms with Crippen LogP contribution in [0, 0.1) is 6.92 Å². The first-order valence-electron chi connectivity index (χ1n) is 10.3. The monoisotopic (exact) mass is 442 g/mol. The number of aliphatic hydroxyl groups is 1. The van der Waals surface area contributed by atoms with Gasteiger partial charge in [0.25, 0.3) is 11.7 Å². The third kappa shape index (κ3) is 4.25. The van der Waals surface area contributed by atoms with E-state index >= 15 is 0 Å². The molecule has 3 aromatic rings. The Bertz CT molecular complexity index is 1250. The number of ketones is 1. The van der Waals surface area contributed by atoms with E-state index in [4.69, 9.17) is 4.74 Å². The van der Waals surface area contributed by atoms with E-state index in [-0.39, 0.29) is 23.7 Å². The summed E-state index contributed by atoms with van der Waals surface area (Å²) in [5.41, 5.74) is 3.25. The molecule has 1 unspecified atom stereocenters. The summed E-state index contributed by atoms with van der Waals surface area (Å²) in [4.78, 5) is 43.2. The number of carbonyl (C=O) groups excluding carboxylic acids is 3. The molecule has 4 rings (SSSR count). The van der Waals surface area contributed by atoms with Crippen molar-refractivity contribution in [3.05, 3.63) is 101 Å². The van der Waals surface area contributed by atoms with Gasteiger partial charge in [0, 0.05) is 23.6 Å². The highest BCUT2D eigenvalue weighted by Crippen LogP contribution is 2.42. The van der Waals surface area contributed by atoms with Crippen LogP contribution in [0.25, 0.3) is 5.76 Å². The zero-order valence-electron chi connectivity index (χ0n) is 18.2. The molecule has 0 saturated carbocycles. The molecule has 1 atom stereocenters. The fourth-order valence-electron chi connectivity index (χ4n) is 3.93. The van der Waals surface area contributed by atoms with Crippen LogP contribution in [-0.4, -0.2) is 34.9 Å². The molecule has 2 aromatic carbocycles. The lowest BCUT2D eigenvalue weighted by Gasteiger charge is -2.26. The molecule has 166 valence electrons. The predicted molar refractivity (Wildman–Crippen MR) is 122 cm³/mol. The molecular weight excluding hydrogens is 420 g/mol. The summed E-state index contributed by atoms with van der Waals surface area (Å²) in [5, 5.41) is 11.0. The van der Waals surface area contributed by atoms with Crippen LogP contribution in [0.5, 0.6) is 0 Å². The second-order valence-corrected chi connectivity index (χ2v) is 7.74. The summed E-state index contributed by atoms with van der Waals surface area (Å²) in [6, 6.07) is 16.6. The number of hydrogen-bond acceptors (Lipinski definition) is 6. The van der Waals surface area contributed by atoms with Crippen LogP contribution in [0.4, 0.5) is 5.69 Å². The van der Waals surface area contributed by atoms with E-state index in [1.807, 2.05) is 31.2 Å². The fourth-order valence-corrected chi connectivity index (χ4v) is 3.93. The number of nitrogens with zero attached hydrogens (tertiary/aromatic N) is 2. The number of ether oxygens (including phenoxy) is 1. The average Bonchev–Trinajstić information content (AvgIpc) is 3.10. The van der Waals surface area contributed by atoms with Gasteiger partial charge in [-0.2, -0.15) is 0 Å². The van der Waals surface area contributed by atoms with Crippen molar-refractivity contribution in [1.29, 1.82) is 0 Å². The molecule has 2 heterocycles. The zero-order valence-corrected chi connectivity index (χ0v) is 18.2. The number of amides is 1. The summed E-state index contributed by atoms with van der Waals surface area (Å²) in [6.07, 6.45) is 3.11. The number of aromatic nitrogens is 1. The van der Waals surface area contributed by atoms with Gasteiger partial charge in [-0.05, 0) is 42.3 Å². The summed E-state index contributed by atoms with van der Waals surface area (Å²) < 4.78 is 4.70. The van der Waals surface area contributed by atoms with Gasteiger partial charge in [0.2, 0.25) is 0 Å². The molecular formula is C26H22N2O5. The van der Waals surface area contributed by atoms with Crippen molar-refractivity contribution in [1.82, 2.24) is 4.98 Å². The van der Waals surface area contributed by atoms with E-state index in [2.05, 4.69) is 4.98 Å². The molecule has 1 fully saturated rings. The first kappa shape index (κ1) is 22.0. The summed E-state index contributed by atoms with van der Waals surface area (Å²) in [5.74, 6) is -2.14. The van der Waals surface area contributed by atoms with E-state index in [0.717, 1.165) is 5.56 Å². The summed E-state index contributed by atoms with van der Waals surface area (Å²) >= 11 is 0. The molecule has 7 nitrogen and oxygen atoms in total. The first-order valence-corrected chi connectivity index (χ1v) is 10.3. The largest absolute Gasteiger partial charge is 0.507 e. The minimum absolute atomic E-state index is 0.00966. The fraction of sp³-hybridized carbons (Fsp3) is 0.154. The third-order valence-electron chi connectivity index (χ3n) is 5.55. The Morgan fingerprint density at radius 1 is 1.06 bits per heavy atom. The summed E-state index contributed by atoms with van der Waals surface area (Å²) in [7, 11) is 1.32. The minimum Gasteiger partial charge on any atom is -0.507 e. The number of carbonyl (C=O) groups is 3. The van der Waals surface area contributed by atoms with E-state index in [1.165, 1.54) is 24.4 Å². The highest BCUT2D eigenvalue weighted by atomic mass is 16.5. The number of methoxy groups -OCH3 is 1. The van der Waals surface area contributed by atoms with Crippen molar-refractivity contribution >= 4 is 29.1 Å². The predicted octanol–water partition coefficient (Wildman–Crippen LogP) is 3.73.